The van der Waals surface area contributed by atoms with Crippen molar-refractivity contribution in [3.8, 4) is 11.5 Å². The Labute approximate surface area is 297 Å². The Kier molecular flexibility index (Phi) is 10.1. The van der Waals surface area contributed by atoms with E-state index < -0.39 is 0 Å². The van der Waals surface area contributed by atoms with Crippen LogP contribution < -0.4 is 20.1 Å². The molecule has 0 aliphatic carbocycles. The number of methoxy groups -OCH3 is 2. The Bertz CT molecular complexity index is 2030. The first-order valence-electron chi connectivity index (χ1n) is 16.7. The van der Waals surface area contributed by atoms with E-state index in [0.717, 1.165) is 45.1 Å². The number of nitrogens with zero attached hydrogens (tertiary/aromatic N) is 5. The van der Waals surface area contributed by atoms with E-state index in [1.165, 1.54) is 11.8 Å². The van der Waals surface area contributed by atoms with Crippen LogP contribution in [0.2, 0.25) is 0 Å². The Morgan fingerprint density at radius 2 is 1.56 bits per heavy atom. The number of thioether (sulfide) groups is 1. The average Bonchev–Trinajstić information content (AvgIpc) is 3.61. The molecule has 3 heterocycles. The van der Waals surface area contributed by atoms with Crippen LogP contribution >= 0.6 is 11.8 Å². The summed E-state index contributed by atoms with van der Waals surface area (Å²) in [6.07, 6.45) is 2.48. The summed E-state index contributed by atoms with van der Waals surface area (Å²) >= 11 is 1.52. The van der Waals surface area contributed by atoms with Crippen molar-refractivity contribution in [2.45, 2.75) is 71.0 Å². The van der Waals surface area contributed by atoms with Crippen molar-refractivity contribution in [1.29, 1.82) is 0 Å². The number of benzene rings is 3. The molecule has 1 N–H and O–H groups in total. The van der Waals surface area contributed by atoms with E-state index in [1.54, 1.807) is 18.8 Å². The van der Waals surface area contributed by atoms with E-state index in [-0.39, 0.29) is 23.7 Å². The summed E-state index contributed by atoms with van der Waals surface area (Å²) in [7, 11) is 3.30. The van der Waals surface area contributed by atoms with Gasteiger partial charge in [-0.05, 0) is 91.1 Å². The number of allylic oxidation sites excluding steroid dienone is 1. The maximum Gasteiger partial charge on any atom is 0.328 e. The monoisotopic (exact) mass is 692 g/mol. The molecule has 0 unspecified atom stereocenters. The Balaban J connectivity index is 1.45. The molecule has 1 aliphatic heterocycles. The highest BCUT2D eigenvalue weighted by Crippen LogP contribution is 2.34. The minimum absolute atomic E-state index is 0.00452. The van der Waals surface area contributed by atoms with Gasteiger partial charge in [0.2, 0.25) is 0 Å². The lowest BCUT2D eigenvalue weighted by atomic mass is 9.97. The second kappa shape index (κ2) is 14.4. The molecule has 5 aromatic rings. The molecule has 1 aliphatic rings. The van der Waals surface area contributed by atoms with Crippen molar-refractivity contribution in [3.63, 3.8) is 0 Å². The normalized spacial score (nSPS) is 12.8. The van der Waals surface area contributed by atoms with Crippen molar-refractivity contribution < 1.29 is 14.3 Å². The van der Waals surface area contributed by atoms with Gasteiger partial charge in [0.05, 0.1) is 20.8 Å². The van der Waals surface area contributed by atoms with E-state index in [2.05, 4.69) is 29.5 Å². The average molecular weight is 693 g/mol. The molecule has 0 atom stereocenters. The molecule has 3 aromatic carbocycles. The van der Waals surface area contributed by atoms with Crippen LogP contribution in [0.1, 0.15) is 65.9 Å². The van der Waals surface area contributed by atoms with Crippen molar-refractivity contribution in [1.82, 2.24) is 24.4 Å². The highest BCUT2D eigenvalue weighted by atomic mass is 32.2. The van der Waals surface area contributed by atoms with Gasteiger partial charge < -0.3 is 24.3 Å². The number of aromatic nitrogens is 4. The maximum atomic E-state index is 13.8. The second-order valence-corrected chi connectivity index (χ2v) is 14.6. The third-order valence-electron chi connectivity index (χ3n) is 8.93. The fraction of sp³-hybridized carbons (Fsp3) is 0.333. The summed E-state index contributed by atoms with van der Waals surface area (Å²) in [5, 5.41) is 0.578. The number of rotatable bonds is 13. The number of amides is 1. The minimum atomic E-state index is -0.320. The first kappa shape index (κ1) is 34.8. The van der Waals surface area contributed by atoms with Crippen LogP contribution in [-0.4, -0.2) is 55.8 Å². The first-order valence-corrected chi connectivity index (χ1v) is 17.7. The Morgan fingerprint density at radius 3 is 2.10 bits per heavy atom. The van der Waals surface area contributed by atoms with Gasteiger partial charge in [-0.2, -0.15) is 0 Å². The van der Waals surface area contributed by atoms with Crippen LogP contribution in [0.5, 0.6) is 11.5 Å². The molecule has 0 bridgehead atoms. The maximum absolute atomic E-state index is 13.8. The zero-order valence-electron chi connectivity index (χ0n) is 29.6. The van der Waals surface area contributed by atoms with Gasteiger partial charge >= 0.3 is 5.69 Å². The zero-order chi connectivity index (χ0) is 35.6. The molecular formula is C39H44N6O4S. The molecule has 0 saturated carbocycles. The molecule has 0 saturated heterocycles. The van der Waals surface area contributed by atoms with E-state index in [0.29, 0.717) is 53.8 Å². The molecule has 50 heavy (non-hydrogen) atoms. The van der Waals surface area contributed by atoms with E-state index in [1.807, 2.05) is 86.3 Å². The number of hydrogen-bond donors (Lipinski definition) is 1. The topological polar surface area (TPSA) is 106 Å². The van der Waals surface area contributed by atoms with Crippen LogP contribution in [0.3, 0.4) is 0 Å². The van der Waals surface area contributed by atoms with Gasteiger partial charge in [-0.15, -0.1) is 6.58 Å². The standard InChI is InChI=1S/C39H44N6O4S/c1-8-10-28-19-27(20-31-32(28)24-45(36(31)46)39(3,4)5)23-44-35-33(40-38(44)47)34(41-37(42-35)50-9-2)43(21-25-11-15-29(48-6)16-12-25)22-26-13-17-30(49-7)18-14-26/h8,11-20H,1,9-10,21-24H2,2-7H3,(H,40,47). The summed E-state index contributed by atoms with van der Waals surface area (Å²) in [5.74, 6) is 2.95. The second-order valence-electron chi connectivity index (χ2n) is 13.4. The van der Waals surface area contributed by atoms with Gasteiger partial charge in [0, 0.05) is 30.7 Å². The van der Waals surface area contributed by atoms with E-state index >= 15 is 0 Å². The summed E-state index contributed by atoms with van der Waals surface area (Å²) in [5.41, 5.74) is 6.17. The van der Waals surface area contributed by atoms with Crippen LogP contribution in [0.25, 0.3) is 11.2 Å². The fourth-order valence-electron chi connectivity index (χ4n) is 6.38. The van der Waals surface area contributed by atoms with E-state index in [9.17, 15) is 9.59 Å². The summed E-state index contributed by atoms with van der Waals surface area (Å²) < 4.78 is 12.4. The quantitative estimate of drug-likeness (QED) is 0.0801. The van der Waals surface area contributed by atoms with Gasteiger partial charge in [0.15, 0.2) is 16.6 Å². The fourth-order valence-corrected chi connectivity index (χ4v) is 6.94. The van der Waals surface area contributed by atoms with E-state index in [4.69, 9.17) is 19.4 Å². The summed E-state index contributed by atoms with van der Waals surface area (Å²) in [6, 6.07) is 19.9. The van der Waals surface area contributed by atoms with Crippen molar-refractivity contribution in [3.05, 3.63) is 117 Å². The number of aromatic amines is 1. The number of H-pyrrole nitrogens is 1. The number of carbonyl (C=O) groups excluding carboxylic acids is 1. The predicted molar refractivity (Wildman–Crippen MR) is 199 cm³/mol. The predicted octanol–water partition coefficient (Wildman–Crippen LogP) is 6.99. The Morgan fingerprint density at radius 1 is 0.940 bits per heavy atom. The van der Waals surface area contributed by atoms with Gasteiger partial charge in [0.1, 0.15) is 17.0 Å². The van der Waals surface area contributed by atoms with Gasteiger partial charge in [-0.3, -0.25) is 9.36 Å². The highest BCUT2D eigenvalue weighted by Gasteiger charge is 2.36. The molecule has 260 valence electrons. The minimum Gasteiger partial charge on any atom is -0.497 e. The molecule has 6 rings (SSSR count). The van der Waals surface area contributed by atoms with Gasteiger partial charge in [-0.25, -0.2) is 14.8 Å². The lowest BCUT2D eigenvalue weighted by Gasteiger charge is -2.31. The smallest absolute Gasteiger partial charge is 0.328 e. The number of fused-ring (bicyclic) bond motifs is 2. The largest absolute Gasteiger partial charge is 0.497 e. The van der Waals surface area contributed by atoms with Gasteiger partial charge in [-0.1, -0.05) is 55.1 Å². The summed E-state index contributed by atoms with van der Waals surface area (Å²) in [4.78, 5) is 44.5. The number of anilines is 1. The number of carbonyl (C=O) groups is 1. The lowest BCUT2D eigenvalue weighted by molar-refractivity contribution is 0.0609. The zero-order valence-corrected chi connectivity index (χ0v) is 30.4. The number of ether oxygens (including phenoxy) is 2. The van der Waals surface area contributed by atoms with Crippen LogP contribution in [-0.2, 0) is 32.6 Å². The number of imidazole rings is 1. The van der Waals surface area contributed by atoms with Crippen LogP contribution in [0.4, 0.5) is 5.82 Å². The van der Waals surface area contributed by atoms with Gasteiger partial charge in [0.25, 0.3) is 5.91 Å². The third kappa shape index (κ3) is 7.14. The van der Waals surface area contributed by atoms with Crippen molar-refractivity contribution >= 4 is 34.7 Å². The molecule has 11 heteroatoms. The molecule has 0 spiro atoms. The van der Waals surface area contributed by atoms with Crippen LogP contribution in [0, 0.1) is 0 Å². The lowest BCUT2D eigenvalue weighted by Crippen LogP contribution is -2.41. The molecule has 0 radical (unpaired) electrons. The molecule has 0 fully saturated rings. The number of hydrogen-bond acceptors (Lipinski definition) is 8. The molecule has 2 aromatic heterocycles. The molecular weight excluding hydrogens is 649 g/mol. The van der Waals surface area contributed by atoms with Crippen molar-refractivity contribution in [2.75, 3.05) is 24.9 Å². The van der Waals surface area contributed by atoms with Crippen molar-refractivity contribution in [2.24, 2.45) is 0 Å². The SMILES string of the molecule is C=CCc1cc(Cn2c(=O)[nH]c3c(N(Cc4ccc(OC)cc4)Cc4ccc(OC)cc4)nc(SCC)nc32)cc2c1CN(C(C)(C)C)C2=O. The highest BCUT2D eigenvalue weighted by molar-refractivity contribution is 7.99. The van der Waals surface area contributed by atoms with Crippen LogP contribution in [0.15, 0.2) is 83.3 Å². The number of nitrogens with one attached hydrogen (secondary N) is 1. The molecule has 10 nitrogen and oxygen atoms in total. The first-order chi connectivity index (χ1) is 24.0. The summed E-state index contributed by atoms with van der Waals surface area (Å²) in [6.45, 7) is 14.0. The third-order valence-corrected chi connectivity index (χ3v) is 9.66. The Hall–Kier alpha value is -5.03. The molecule has 1 amide bonds.